The number of aryl methyl sites for hydroxylation is 1. The van der Waals surface area contributed by atoms with E-state index in [1.807, 2.05) is 6.92 Å². The summed E-state index contributed by atoms with van der Waals surface area (Å²) in [6.45, 7) is 2.76. The van der Waals surface area contributed by atoms with Gasteiger partial charge in [0.15, 0.2) is 11.5 Å². The Balaban J connectivity index is 1.49. The number of hydrogen-bond acceptors (Lipinski definition) is 6. The number of carbonyl (C=O) groups excluding carboxylic acids is 1. The van der Waals surface area contributed by atoms with E-state index in [0.29, 0.717) is 46.3 Å². The van der Waals surface area contributed by atoms with Crippen LogP contribution < -0.4 is 15.1 Å². The Labute approximate surface area is 165 Å². The Bertz CT molecular complexity index is 1120. The fourth-order valence-corrected chi connectivity index (χ4v) is 3.21. The topological polar surface area (TPSA) is 75.0 Å². The summed E-state index contributed by atoms with van der Waals surface area (Å²) in [7, 11) is 0. The summed E-state index contributed by atoms with van der Waals surface area (Å²) < 4.78 is 21.6. The van der Waals surface area contributed by atoms with Crippen LogP contribution in [0, 0.1) is 6.92 Å². The van der Waals surface area contributed by atoms with E-state index in [1.165, 1.54) is 6.07 Å². The summed E-state index contributed by atoms with van der Waals surface area (Å²) in [6.07, 6.45) is 0.0792. The summed E-state index contributed by atoms with van der Waals surface area (Å²) in [5.74, 6) is 0.863. The van der Waals surface area contributed by atoms with Crippen molar-refractivity contribution >= 4 is 28.5 Å². The molecule has 0 amide bonds. The molecule has 0 bridgehead atoms. The fraction of sp³-hybridized carbons (Fsp3) is 0.238. The molecule has 1 aliphatic heterocycles. The number of benzene rings is 2. The van der Waals surface area contributed by atoms with Gasteiger partial charge < -0.3 is 18.6 Å². The molecular formula is C21H17ClO6. The highest BCUT2D eigenvalue weighted by molar-refractivity contribution is 6.32. The lowest BCUT2D eigenvalue weighted by Crippen LogP contribution is -2.16. The lowest BCUT2D eigenvalue weighted by Gasteiger charge is -2.18. The van der Waals surface area contributed by atoms with Crippen LogP contribution in [0.3, 0.4) is 0 Å². The van der Waals surface area contributed by atoms with Gasteiger partial charge in [0.25, 0.3) is 0 Å². The molecule has 1 aliphatic rings. The first-order valence-electron chi connectivity index (χ1n) is 8.76. The molecule has 0 atom stereocenters. The molecule has 0 saturated heterocycles. The second kappa shape index (κ2) is 7.56. The predicted molar refractivity (Wildman–Crippen MR) is 103 cm³/mol. The fourth-order valence-electron chi connectivity index (χ4n) is 3.04. The van der Waals surface area contributed by atoms with Crippen molar-refractivity contribution in [3.8, 4) is 11.5 Å². The van der Waals surface area contributed by atoms with Crippen molar-refractivity contribution in [3.05, 3.63) is 68.5 Å². The van der Waals surface area contributed by atoms with Crippen LogP contribution in [0.5, 0.6) is 11.5 Å². The minimum atomic E-state index is -0.507. The zero-order valence-electron chi connectivity index (χ0n) is 15.1. The Morgan fingerprint density at radius 3 is 2.71 bits per heavy atom. The summed E-state index contributed by atoms with van der Waals surface area (Å²) in [4.78, 5) is 24.1. The molecule has 4 rings (SSSR count). The zero-order valence-corrected chi connectivity index (χ0v) is 15.9. The molecule has 0 fully saturated rings. The first-order chi connectivity index (χ1) is 13.5. The van der Waals surface area contributed by atoms with Crippen LogP contribution in [-0.2, 0) is 22.6 Å². The van der Waals surface area contributed by atoms with Crippen LogP contribution in [0.2, 0.25) is 5.02 Å². The SMILES string of the molecule is Cc1cc2oc(=O)cc(COC(=O)Cc3ccc4c(c3)OCCO4)c2cc1Cl. The van der Waals surface area contributed by atoms with Gasteiger partial charge in [0.2, 0.25) is 0 Å². The average Bonchev–Trinajstić information content (AvgIpc) is 2.67. The van der Waals surface area contributed by atoms with E-state index in [0.717, 1.165) is 11.1 Å². The maximum Gasteiger partial charge on any atom is 0.336 e. The van der Waals surface area contributed by atoms with E-state index >= 15 is 0 Å². The molecule has 3 aromatic rings. The van der Waals surface area contributed by atoms with Crippen molar-refractivity contribution in [2.45, 2.75) is 20.0 Å². The minimum Gasteiger partial charge on any atom is -0.486 e. The van der Waals surface area contributed by atoms with Gasteiger partial charge in [-0.1, -0.05) is 17.7 Å². The summed E-state index contributed by atoms with van der Waals surface area (Å²) in [5.41, 5.74) is 2.00. The van der Waals surface area contributed by atoms with Gasteiger partial charge >= 0.3 is 11.6 Å². The third-order valence-corrected chi connectivity index (χ3v) is 4.86. The van der Waals surface area contributed by atoms with E-state index in [4.69, 9.17) is 30.2 Å². The molecule has 144 valence electrons. The Morgan fingerprint density at radius 2 is 1.89 bits per heavy atom. The quantitative estimate of drug-likeness (QED) is 0.489. The first kappa shape index (κ1) is 18.4. The standard InChI is InChI=1S/C21H17ClO6/c1-12-6-18-15(10-16(12)22)14(9-21(24)28-18)11-27-20(23)8-13-2-3-17-19(7-13)26-5-4-25-17/h2-3,6-7,9-10H,4-5,8,11H2,1H3. The lowest BCUT2D eigenvalue weighted by molar-refractivity contribution is -0.144. The molecule has 7 heteroatoms. The van der Waals surface area contributed by atoms with Crippen molar-refractivity contribution < 1.29 is 23.4 Å². The number of fused-ring (bicyclic) bond motifs is 2. The van der Waals surface area contributed by atoms with Gasteiger partial charge in [-0.15, -0.1) is 0 Å². The smallest absolute Gasteiger partial charge is 0.336 e. The Hall–Kier alpha value is -2.99. The molecule has 6 nitrogen and oxygen atoms in total. The first-order valence-corrected chi connectivity index (χ1v) is 9.14. The van der Waals surface area contributed by atoms with Crippen LogP contribution in [0.25, 0.3) is 11.0 Å². The van der Waals surface area contributed by atoms with E-state index in [9.17, 15) is 9.59 Å². The average molecular weight is 401 g/mol. The van der Waals surface area contributed by atoms with Gasteiger partial charge in [0, 0.05) is 22.0 Å². The lowest BCUT2D eigenvalue weighted by atomic mass is 10.1. The summed E-state index contributed by atoms with van der Waals surface area (Å²) >= 11 is 6.18. The monoisotopic (exact) mass is 400 g/mol. The number of hydrogen-bond donors (Lipinski definition) is 0. The molecule has 2 heterocycles. The molecular weight excluding hydrogens is 384 g/mol. The number of carbonyl (C=O) groups is 1. The molecule has 0 N–H and O–H groups in total. The minimum absolute atomic E-state index is 0.0507. The van der Waals surface area contributed by atoms with Gasteiger partial charge in [-0.05, 0) is 42.3 Å². The second-order valence-corrected chi connectivity index (χ2v) is 6.91. The third-order valence-electron chi connectivity index (χ3n) is 4.45. The molecule has 0 radical (unpaired) electrons. The van der Waals surface area contributed by atoms with Crippen molar-refractivity contribution in [2.75, 3.05) is 13.2 Å². The number of ether oxygens (including phenoxy) is 3. The number of halogens is 1. The van der Waals surface area contributed by atoms with E-state index in [-0.39, 0.29) is 13.0 Å². The van der Waals surface area contributed by atoms with Gasteiger partial charge in [0.05, 0.1) is 6.42 Å². The van der Waals surface area contributed by atoms with Crippen LogP contribution in [0.15, 0.2) is 45.6 Å². The molecule has 0 saturated carbocycles. The highest BCUT2D eigenvalue weighted by Crippen LogP contribution is 2.31. The molecule has 0 unspecified atom stereocenters. The van der Waals surface area contributed by atoms with Gasteiger partial charge in [0.1, 0.15) is 25.4 Å². The summed E-state index contributed by atoms with van der Waals surface area (Å²) in [5, 5.41) is 1.19. The van der Waals surface area contributed by atoms with Crippen molar-refractivity contribution in [1.29, 1.82) is 0 Å². The highest BCUT2D eigenvalue weighted by atomic mass is 35.5. The Morgan fingerprint density at radius 1 is 1.11 bits per heavy atom. The molecule has 0 spiro atoms. The van der Waals surface area contributed by atoms with Gasteiger partial charge in [-0.3, -0.25) is 4.79 Å². The van der Waals surface area contributed by atoms with Gasteiger partial charge in [-0.25, -0.2) is 4.79 Å². The van der Waals surface area contributed by atoms with Crippen molar-refractivity contribution in [3.63, 3.8) is 0 Å². The molecule has 1 aromatic heterocycles. The van der Waals surface area contributed by atoms with E-state index < -0.39 is 11.6 Å². The predicted octanol–water partition coefficient (Wildman–Crippen LogP) is 3.81. The third kappa shape index (κ3) is 3.82. The second-order valence-electron chi connectivity index (χ2n) is 6.50. The van der Waals surface area contributed by atoms with E-state index in [1.54, 1.807) is 30.3 Å². The van der Waals surface area contributed by atoms with Crippen molar-refractivity contribution in [1.82, 2.24) is 0 Å². The van der Waals surface area contributed by atoms with E-state index in [2.05, 4.69) is 0 Å². The van der Waals surface area contributed by atoms with Crippen LogP contribution in [0.4, 0.5) is 0 Å². The Kier molecular flexibility index (Phi) is 4.96. The summed E-state index contributed by atoms with van der Waals surface area (Å²) in [6, 6.07) is 10.1. The van der Waals surface area contributed by atoms with Crippen LogP contribution in [0.1, 0.15) is 16.7 Å². The number of rotatable bonds is 4. The zero-order chi connectivity index (χ0) is 19.7. The van der Waals surface area contributed by atoms with Crippen LogP contribution in [-0.4, -0.2) is 19.2 Å². The van der Waals surface area contributed by atoms with Gasteiger partial charge in [-0.2, -0.15) is 0 Å². The largest absolute Gasteiger partial charge is 0.486 e. The highest BCUT2D eigenvalue weighted by Gasteiger charge is 2.15. The van der Waals surface area contributed by atoms with Crippen LogP contribution >= 0.6 is 11.6 Å². The maximum atomic E-state index is 12.3. The maximum absolute atomic E-state index is 12.3. The molecule has 0 aliphatic carbocycles. The number of esters is 1. The van der Waals surface area contributed by atoms with Crippen molar-refractivity contribution in [2.24, 2.45) is 0 Å². The molecule has 2 aromatic carbocycles. The normalized spacial score (nSPS) is 12.8. The molecule has 28 heavy (non-hydrogen) atoms.